The Morgan fingerprint density at radius 2 is 1.69 bits per heavy atom. The van der Waals surface area contributed by atoms with Crippen molar-refractivity contribution in [3.8, 4) is 0 Å². The Bertz CT molecular complexity index is 736. The van der Waals surface area contributed by atoms with Gasteiger partial charge in [-0.15, -0.1) is 0 Å². The summed E-state index contributed by atoms with van der Waals surface area (Å²) in [6.07, 6.45) is 4.18. The number of ketones is 1. The fraction of sp³-hybridized carbons (Fsp3) is 0.545. The van der Waals surface area contributed by atoms with Crippen molar-refractivity contribution in [2.75, 3.05) is 11.9 Å². The summed E-state index contributed by atoms with van der Waals surface area (Å²) in [4.78, 5) is 48.0. The molecule has 0 bridgehead atoms. The minimum atomic E-state index is -0.707. The van der Waals surface area contributed by atoms with Gasteiger partial charge >= 0.3 is 5.97 Å². The third-order valence-corrected chi connectivity index (χ3v) is 4.91. The van der Waals surface area contributed by atoms with Crippen LogP contribution in [0.15, 0.2) is 24.3 Å². The first-order valence-electron chi connectivity index (χ1n) is 10.1. The van der Waals surface area contributed by atoms with E-state index in [1.54, 1.807) is 24.3 Å². The van der Waals surface area contributed by atoms with Crippen LogP contribution in [0, 0.1) is 11.8 Å². The average Bonchev–Trinajstić information content (AvgIpc) is 3.18. The summed E-state index contributed by atoms with van der Waals surface area (Å²) >= 11 is 0. The minimum absolute atomic E-state index is 0.0511. The molecular weight excluding hydrogens is 372 g/mol. The number of carbonyl (C=O) groups is 4. The number of ether oxygens (including phenoxy) is 1. The summed E-state index contributed by atoms with van der Waals surface area (Å²) in [6.45, 7) is 4.90. The molecule has 1 aliphatic carbocycles. The predicted molar refractivity (Wildman–Crippen MR) is 109 cm³/mol. The highest BCUT2D eigenvalue weighted by Crippen LogP contribution is 2.28. The van der Waals surface area contributed by atoms with Gasteiger partial charge in [-0.05, 0) is 48.9 Å². The molecule has 1 atom stereocenters. The Labute approximate surface area is 171 Å². The van der Waals surface area contributed by atoms with E-state index >= 15 is 0 Å². The second-order valence-corrected chi connectivity index (χ2v) is 7.98. The lowest BCUT2D eigenvalue weighted by Gasteiger charge is -2.22. The van der Waals surface area contributed by atoms with Crippen LogP contribution in [0.3, 0.4) is 0 Å². The van der Waals surface area contributed by atoms with E-state index in [2.05, 4.69) is 10.6 Å². The standard InChI is InChI=1S/C22H30N2O5/c1-14(2)12-20(27)24-18-10-8-16(9-11-18)19(26)13-29-22(28)21(23-15(3)25)17-6-4-5-7-17/h8-11,14,17,21H,4-7,12-13H2,1-3H3,(H,23,25)(H,24,27). The summed E-state index contributed by atoms with van der Waals surface area (Å²) in [7, 11) is 0. The normalized spacial score (nSPS) is 15.0. The number of carbonyl (C=O) groups excluding carboxylic acids is 4. The molecule has 1 unspecified atom stereocenters. The molecule has 0 heterocycles. The number of Topliss-reactive ketones (excluding diaryl/α,β-unsaturated/α-hetero) is 1. The Kier molecular flexibility index (Phi) is 8.36. The van der Waals surface area contributed by atoms with Gasteiger partial charge in [0.1, 0.15) is 6.04 Å². The maximum absolute atomic E-state index is 12.4. The number of hydrogen-bond acceptors (Lipinski definition) is 5. The van der Waals surface area contributed by atoms with Crippen molar-refractivity contribution in [2.45, 2.75) is 58.9 Å². The molecule has 0 aromatic heterocycles. The van der Waals surface area contributed by atoms with Gasteiger partial charge in [0, 0.05) is 24.6 Å². The van der Waals surface area contributed by atoms with Crippen LogP contribution < -0.4 is 10.6 Å². The fourth-order valence-electron chi connectivity index (χ4n) is 3.51. The molecule has 1 aliphatic rings. The van der Waals surface area contributed by atoms with Crippen LogP contribution in [0.2, 0.25) is 0 Å². The van der Waals surface area contributed by atoms with Crippen LogP contribution in [0.4, 0.5) is 5.69 Å². The maximum Gasteiger partial charge on any atom is 0.329 e. The van der Waals surface area contributed by atoms with E-state index < -0.39 is 12.0 Å². The van der Waals surface area contributed by atoms with Crippen molar-refractivity contribution in [3.63, 3.8) is 0 Å². The molecule has 7 nitrogen and oxygen atoms in total. The largest absolute Gasteiger partial charge is 0.456 e. The first-order valence-corrected chi connectivity index (χ1v) is 10.1. The van der Waals surface area contributed by atoms with E-state index in [-0.39, 0.29) is 36.0 Å². The van der Waals surface area contributed by atoms with Crippen molar-refractivity contribution >= 4 is 29.3 Å². The van der Waals surface area contributed by atoms with Crippen LogP contribution >= 0.6 is 0 Å². The second-order valence-electron chi connectivity index (χ2n) is 7.98. The van der Waals surface area contributed by atoms with Gasteiger partial charge in [0.15, 0.2) is 12.4 Å². The highest BCUT2D eigenvalue weighted by molar-refractivity contribution is 5.99. The molecule has 2 rings (SSSR count). The van der Waals surface area contributed by atoms with Crippen LogP contribution in [0.25, 0.3) is 0 Å². The van der Waals surface area contributed by atoms with Gasteiger partial charge in [0.2, 0.25) is 11.8 Å². The summed E-state index contributed by atoms with van der Waals surface area (Å²) < 4.78 is 5.20. The molecular formula is C22H30N2O5. The van der Waals surface area contributed by atoms with Crippen molar-refractivity contribution in [1.29, 1.82) is 0 Å². The Balaban J connectivity index is 1.89. The lowest BCUT2D eigenvalue weighted by Crippen LogP contribution is -2.45. The number of anilines is 1. The molecule has 1 aromatic rings. The maximum atomic E-state index is 12.4. The summed E-state index contributed by atoms with van der Waals surface area (Å²) in [6, 6.07) is 5.76. The zero-order valence-electron chi connectivity index (χ0n) is 17.3. The van der Waals surface area contributed by atoms with Crippen molar-refractivity contribution in [1.82, 2.24) is 5.32 Å². The molecule has 29 heavy (non-hydrogen) atoms. The topological polar surface area (TPSA) is 102 Å². The quantitative estimate of drug-likeness (QED) is 0.488. The number of nitrogens with one attached hydrogen (secondary N) is 2. The Morgan fingerprint density at radius 1 is 1.07 bits per heavy atom. The van der Waals surface area contributed by atoms with Crippen LogP contribution in [0.5, 0.6) is 0 Å². The van der Waals surface area contributed by atoms with Gasteiger partial charge in [-0.25, -0.2) is 4.79 Å². The molecule has 0 saturated heterocycles. The molecule has 0 radical (unpaired) electrons. The summed E-state index contributed by atoms with van der Waals surface area (Å²) in [5.74, 6) is -0.972. The summed E-state index contributed by atoms with van der Waals surface area (Å²) in [5, 5.41) is 5.44. The zero-order chi connectivity index (χ0) is 21.4. The minimum Gasteiger partial charge on any atom is -0.456 e. The molecule has 1 saturated carbocycles. The highest BCUT2D eigenvalue weighted by atomic mass is 16.5. The Morgan fingerprint density at radius 3 is 2.24 bits per heavy atom. The van der Waals surface area contributed by atoms with E-state index in [0.29, 0.717) is 17.7 Å². The van der Waals surface area contributed by atoms with Crippen LogP contribution in [-0.2, 0) is 19.1 Å². The molecule has 1 fully saturated rings. The number of benzene rings is 1. The molecule has 2 N–H and O–H groups in total. The van der Waals surface area contributed by atoms with E-state index in [4.69, 9.17) is 4.74 Å². The van der Waals surface area contributed by atoms with E-state index in [0.717, 1.165) is 25.7 Å². The Hall–Kier alpha value is -2.70. The number of rotatable bonds is 9. The van der Waals surface area contributed by atoms with Crippen molar-refractivity contribution < 1.29 is 23.9 Å². The summed E-state index contributed by atoms with van der Waals surface area (Å²) in [5.41, 5.74) is 0.993. The van der Waals surface area contributed by atoms with Gasteiger partial charge in [-0.1, -0.05) is 26.7 Å². The number of amides is 2. The first-order chi connectivity index (χ1) is 13.8. The average molecular weight is 402 g/mol. The van der Waals surface area contributed by atoms with Gasteiger partial charge in [0.05, 0.1) is 0 Å². The molecule has 7 heteroatoms. The lowest BCUT2D eigenvalue weighted by molar-refractivity contribution is -0.148. The van der Waals surface area contributed by atoms with Gasteiger partial charge < -0.3 is 15.4 Å². The monoisotopic (exact) mass is 402 g/mol. The molecule has 0 spiro atoms. The molecule has 2 amide bonds. The van der Waals surface area contributed by atoms with Crippen molar-refractivity contribution in [2.24, 2.45) is 11.8 Å². The fourth-order valence-corrected chi connectivity index (χ4v) is 3.51. The van der Waals surface area contributed by atoms with Crippen molar-refractivity contribution in [3.05, 3.63) is 29.8 Å². The zero-order valence-corrected chi connectivity index (χ0v) is 17.3. The first kappa shape index (κ1) is 22.6. The van der Waals surface area contributed by atoms with E-state index in [1.807, 2.05) is 13.8 Å². The lowest BCUT2D eigenvalue weighted by atomic mass is 9.98. The van der Waals surface area contributed by atoms with E-state index in [1.165, 1.54) is 6.92 Å². The third-order valence-electron chi connectivity index (χ3n) is 4.91. The molecule has 158 valence electrons. The van der Waals surface area contributed by atoms with Crippen LogP contribution in [0.1, 0.15) is 63.2 Å². The highest BCUT2D eigenvalue weighted by Gasteiger charge is 2.32. The van der Waals surface area contributed by atoms with E-state index in [9.17, 15) is 19.2 Å². The number of esters is 1. The molecule has 1 aromatic carbocycles. The SMILES string of the molecule is CC(=O)NC(C(=O)OCC(=O)c1ccc(NC(=O)CC(C)C)cc1)C1CCCC1. The second kappa shape index (κ2) is 10.7. The smallest absolute Gasteiger partial charge is 0.329 e. The predicted octanol–water partition coefficient (Wildman–Crippen LogP) is 3.09. The van der Waals surface area contributed by atoms with Gasteiger partial charge in [0.25, 0.3) is 0 Å². The third kappa shape index (κ3) is 7.33. The molecule has 0 aliphatic heterocycles. The van der Waals surface area contributed by atoms with Gasteiger partial charge in [-0.2, -0.15) is 0 Å². The van der Waals surface area contributed by atoms with Gasteiger partial charge in [-0.3, -0.25) is 14.4 Å². The number of hydrogen-bond donors (Lipinski definition) is 2. The van der Waals surface area contributed by atoms with Crippen LogP contribution in [-0.4, -0.2) is 36.2 Å².